The molecule has 2 nitrogen and oxygen atoms in total. The normalized spacial score (nSPS) is 25.2. The van der Waals surface area contributed by atoms with Crippen LogP contribution in [0.2, 0.25) is 0 Å². The number of benzene rings is 1. The molecule has 0 aliphatic heterocycles. The van der Waals surface area contributed by atoms with Crippen molar-refractivity contribution in [2.24, 2.45) is 11.8 Å². The van der Waals surface area contributed by atoms with Gasteiger partial charge in [0.1, 0.15) is 5.75 Å². The number of rotatable bonds is 7. The summed E-state index contributed by atoms with van der Waals surface area (Å²) in [6.45, 7) is 11.0. The summed E-state index contributed by atoms with van der Waals surface area (Å²) in [7, 11) is 0. The molecule has 1 aliphatic carbocycles. The third-order valence-electron chi connectivity index (χ3n) is 5.27. The van der Waals surface area contributed by atoms with E-state index in [0.29, 0.717) is 0 Å². The number of hydrogen-bond donors (Lipinski definition) is 1. The van der Waals surface area contributed by atoms with E-state index in [1.54, 1.807) is 0 Å². The summed E-state index contributed by atoms with van der Waals surface area (Å²) in [5.41, 5.74) is 2.54. The lowest BCUT2D eigenvalue weighted by Gasteiger charge is -2.34. The maximum atomic E-state index is 5.89. The van der Waals surface area contributed by atoms with Gasteiger partial charge in [0.25, 0.3) is 0 Å². The van der Waals surface area contributed by atoms with Gasteiger partial charge in [-0.25, -0.2) is 0 Å². The first kappa shape index (κ1) is 17.3. The minimum absolute atomic E-state index is 0.726. The zero-order chi connectivity index (χ0) is 15.9. The number of unbranched alkanes of at least 4 members (excludes halogenated alkanes) is 1. The molecule has 2 rings (SSSR count). The SMILES string of the molecule is Cc1ccc(OCCCCN[C@@H]2CCC[C@@H](C)[C@@H]2C)c(C)c1. The van der Waals surface area contributed by atoms with Gasteiger partial charge in [0.2, 0.25) is 0 Å². The van der Waals surface area contributed by atoms with Crippen LogP contribution in [0.4, 0.5) is 0 Å². The Morgan fingerprint density at radius 1 is 1.14 bits per heavy atom. The van der Waals surface area contributed by atoms with E-state index in [0.717, 1.165) is 43.2 Å². The summed E-state index contributed by atoms with van der Waals surface area (Å²) in [4.78, 5) is 0. The Labute approximate surface area is 136 Å². The molecule has 0 saturated heterocycles. The maximum Gasteiger partial charge on any atom is 0.122 e. The van der Waals surface area contributed by atoms with E-state index in [-0.39, 0.29) is 0 Å². The van der Waals surface area contributed by atoms with E-state index in [1.165, 1.54) is 36.8 Å². The van der Waals surface area contributed by atoms with Crippen LogP contribution in [0, 0.1) is 25.7 Å². The molecular formula is C20H33NO. The quantitative estimate of drug-likeness (QED) is 0.725. The lowest BCUT2D eigenvalue weighted by molar-refractivity contribution is 0.205. The Kier molecular flexibility index (Phi) is 6.75. The van der Waals surface area contributed by atoms with E-state index in [1.807, 2.05) is 0 Å². The minimum atomic E-state index is 0.726. The molecule has 22 heavy (non-hydrogen) atoms. The summed E-state index contributed by atoms with van der Waals surface area (Å²) in [5, 5.41) is 3.76. The molecule has 0 aromatic heterocycles. The molecule has 124 valence electrons. The average Bonchev–Trinajstić information content (AvgIpc) is 2.48. The highest BCUT2D eigenvalue weighted by atomic mass is 16.5. The smallest absolute Gasteiger partial charge is 0.122 e. The van der Waals surface area contributed by atoms with E-state index >= 15 is 0 Å². The van der Waals surface area contributed by atoms with Crippen LogP contribution >= 0.6 is 0 Å². The van der Waals surface area contributed by atoms with Crippen molar-refractivity contribution in [3.05, 3.63) is 29.3 Å². The number of aryl methyl sites for hydroxylation is 2. The third-order valence-corrected chi connectivity index (χ3v) is 5.27. The molecule has 1 fully saturated rings. The van der Waals surface area contributed by atoms with Crippen molar-refractivity contribution in [1.82, 2.24) is 5.32 Å². The summed E-state index contributed by atoms with van der Waals surface area (Å²) in [5.74, 6) is 2.73. The fourth-order valence-electron chi connectivity index (χ4n) is 3.53. The molecule has 1 aromatic carbocycles. The Morgan fingerprint density at radius 3 is 2.73 bits per heavy atom. The Balaban J connectivity index is 1.59. The molecule has 0 bridgehead atoms. The predicted octanol–water partition coefficient (Wildman–Crippen LogP) is 4.88. The molecule has 0 spiro atoms. The fourth-order valence-corrected chi connectivity index (χ4v) is 3.53. The van der Waals surface area contributed by atoms with Crippen LogP contribution in [0.5, 0.6) is 5.75 Å². The van der Waals surface area contributed by atoms with Crippen LogP contribution in [0.15, 0.2) is 18.2 Å². The van der Waals surface area contributed by atoms with Crippen molar-refractivity contribution in [3.8, 4) is 5.75 Å². The van der Waals surface area contributed by atoms with Crippen molar-refractivity contribution >= 4 is 0 Å². The monoisotopic (exact) mass is 303 g/mol. The lowest BCUT2D eigenvalue weighted by atomic mass is 9.78. The zero-order valence-corrected chi connectivity index (χ0v) is 14.8. The van der Waals surface area contributed by atoms with E-state index < -0.39 is 0 Å². The molecular weight excluding hydrogens is 270 g/mol. The van der Waals surface area contributed by atoms with E-state index in [9.17, 15) is 0 Å². The highest BCUT2D eigenvalue weighted by Gasteiger charge is 2.26. The zero-order valence-electron chi connectivity index (χ0n) is 14.8. The standard InChI is InChI=1S/C20H33NO/c1-15-10-11-20(17(3)14-15)22-13-6-5-12-21-19-9-7-8-16(2)18(19)4/h10-11,14,16,18-19,21H,5-9,12-13H2,1-4H3/t16-,18+,19-/m1/s1. The molecule has 1 N–H and O–H groups in total. The summed E-state index contributed by atoms with van der Waals surface area (Å²) >= 11 is 0. The highest BCUT2D eigenvalue weighted by molar-refractivity contribution is 5.35. The summed E-state index contributed by atoms with van der Waals surface area (Å²) in [6, 6.07) is 7.12. The number of nitrogens with one attached hydrogen (secondary N) is 1. The van der Waals surface area contributed by atoms with Crippen molar-refractivity contribution in [1.29, 1.82) is 0 Å². The number of ether oxygens (including phenoxy) is 1. The third kappa shape index (κ3) is 5.01. The molecule has 1 aromatic rings. The second-order valence-corrected chi connectivity index (χ2v) is 7.15. The lowest BCUT2D eigenvalue weighted by Crippen LogP contribution is -2.41. The fraction of sp³-hybridized carbons (Fsp3) is 0.700. The van der Waals surface area contributed by atoms with Crippen molar-refractivity contribution in [2.75, 3.05) is 13.2 Å². The maximum absolute atomic E-state index is 5.89. The van der Waals surface area contributed by atoms with Gasteiger partial charge in [-0.1, -0.05) is 44.4 Å². The Morgan fingerprint density at radius 2 is 1.95 bits per heavy atom. The predicted molar refractivity (Wildman–Crippen MR) is 94.6 cm³/mol. The van der Waals surface area contributed by atoms with E-state index in [2.05, 4.69) is 51.2 Å². The van der Waals surface area contributed by atoms with Crippen molar-refractivity contribution < 1.29 is 4.74 Å². The first-order valence-electron chi connectivity index (χ1n) is 9.01. The highest BCUT2D eigenvalue weighted by Crippen LogP contribution is 2.29. The van der Waals surface area contributed by atoms with Gasteiger partial charge < -0.3 is 10.1 Å². The Bertz CT molecular complexity index is 457. The van der Waals surface area contributed by atoms with Crippen LogP contribution in [-0.2, 0) is 0 Å². The van der Waals surface area contributed by atoms with Gasteiger partial charge in [0.15, 0.2) is 0 Å². The van der Waals surface area contributed by atoms with Crippen LogP contribution in [0.1, 0.15) is 57.1 Å². The Hall–Kier alpha value is -1.02. The van der Waals surface area contributed by atoms with Crippen molar-refractivity contribution in [3.63, 3.8) is 0 Å². The second-order valence-electron chi connectivity index (χ2n) is 7.15. The number of hydrogen-bond acceptors (Lipinski definition) is 2. The molecule has 0 amide bonds. The first-order valence-corrected chi connectivity index (χ1v) is 9.01. The molecule has 2 heteroatoms. The topological polar surface area (TPSA) is 21.3 Å². The minimum Gasteiger partial charge on any atom is -0.493 e. The summed E-state index contributed by atoms with van der Waals surface area (Å²) < 4.78 is 5.89. The van der Waals surface area contributed by atoms with Crippen LogP contribution in [-0.4, -0.2) is 19.2 Å². The van der Waals surface area contributed by atoms with Crippen molar-refractivity contribution in [2.45, 2.75) is 65.8 Å². The van der Waals surface area contributed by atoms with Gasteiger partial charge in [-0.3, -0.25) is 0 Å². The molecule has 0 unspecified atom stereocenters. The van der Waals surface area contributed by atoms with Gasteiger partial charge in [-0.2, -0.15) is 0 Å². The first-order chi connectivity index (χ1) is 10.6. The molecule has 1 aliphatic rings. The molecule has 3 atom stereocenters. The second kappa shape index (κ2) is 8.57. The molecule has 0 heterocycles. The van der Waals surface area contributed by atoms with Crippen LogP contribution in [0.3, 0.4) is 0 Å². The average molecular weight is 303 g/mol. The molecule has 0 radical (unpaired) electrons. The van der Waals surface area contributed by atoms with Gasteiger partial charge in [0.05, 0.1) is 6.61 Å². The van der Waals surface area contributed by atoms with Gasteiger partial charge in [0, 0.05) is 6.04 Å². The summed E-state index contributed by atoms with van der Waals surface area (Å²) in [6.07, 6.45) is 6.46. The van der Waals surface area contributed by atoms with Gasteiger partial charge >= 0.3 is 0 Å². The van der Waals surface area contributed by atoms with Crippen LogP contribution < -0.4 is 10.1 Å². The van der Waals surface area contributed by atoms with Crippen LogP contribution in [0.25, 0.3) is 0 Å². The van der Waals surface area contributed by atoms with E-state index in [4.69, 9.17) is 4.74 Å². The largest absolute Gasteiger partial charge is 0.493 e. The van der Waals surface area contributed by atoms with Gasteiger partial charge in [-0.05, 0) is 63.1 Å². The van der Waals surface area contributed by atoms with Gasteiger partial charge in [-0.15, -0.1) is 0 Å². The molecule has 1 saturated carbocycles.